The SMILES string of the molecule is CCc1cnc2c(c1NCc1c(F)cccc1F)c(=O)n(C)c(=O)n2C. The minimum atomic E-state index is -0.672. The van der Waals surface area contributed by atoms with Crippen LogP contribution in [0.5, 0.6) is 0 Å². The molecule has 0 saturated carbocycles. The standard InChI is InChI=1S/C18H18F2N4O2/c1-4-10-8-22-16-14(17(25)24(3)18(26)23(16)2)15(10)21-9-11-12(19)6-5-7-13(11)20/h5-8H,4,9H2,1-3H3,(H,21,22). The Labute approximate surface area is 147 Å². The van der Waals surface area contributed by atoms with E-state index in [1.165, 1.54) is 36.9 Å². The summed E-state index contributed by atoms with van der Waals surface area (Å²) in [4.78, 5) is 29.0. The van der Waals surface area contributed by atoms with Gasteiger partial charge in [0.2, 0.25) is 0 Å². The molecule has 2 heterocycles. The topological polar surface area (TPSA) is 68.9 Å². The van der Waals surface area contributed by atoms with Gasteiger partial charge >= 0.3 is 5.69 Å². The number of aryl methyl sites for hydroxylation is 2. The molecule has 0 aliphatic heterocycles. The first kappa shape index (κ1) is 17.8. The van der Waals surface area contributed by atoms with Crippen molar-refractivity contribution in [2.75, 3.05) is 5.32 Å². The fourth-order valence-electron chi connectivity index (χ4n) is 2.92. The average Bonchev–Trinajstić information content (AvgIpc) is 2.63. The van der Waals surface area contributed by atoms with Crippen LogP contribution >= 0.6 is 0 Å². The van der Waals surface area contributed by atoms with Crippen LogP contribution in [-0.2, 0) is 27.1 Å². The number of nitrogens with zero attached hydrogens (tertiary/aromatic N) is 3. The quantitative estimate of drug-likeness (QED) is 0.774. The van der Waals surface area contributed by atoms with E-state index in [1.54, 1.807) is 6.20 Å². The molecule has 0 atom stereocenters. The number of hydrogen-bond acceptors (Lipinski definition) is 4. The molecule has 0 aliphatic carbocycles. The van der Waals surface area contributed by atoms with Crippen LogP contribution in [-0.4, -0.2) is 14.1 Å². The van der Waals surface area contributed by atoms with E-state index < -0.39 is 22.9 Å². The summed E-state index contributed by atoms with van der Waals surface area (Å²) in [5.41, 5.74) is 0.224. The van der Waals surface area contributed by atoms with Crippen molar-refractivity contribution < 1.29 is 8.78 Å². The molecule has 0 radical (unpaired) electrons. The minimum Gasteiger partial charge on any atom is -0.380 e. The van der Waals surface area contributed by atoms with Gasteiger partial charge in [-0.15, -0.1) is 0 Å². The Kier molecular flexibility index (Phi) is 4.58. The van der Waals surface area contributed by atoms with Crippen molar-refractivity contribution in [2.24, 2.45) is 14.1 Å². The van der Waals surface area contributed by atoms with Gasteiger partial charge in [-0.2, -0.15) is 0 Å². The largest absolute Gasteiger partial charge is 0.380 e. The van der Waals surface area contributed by atoms with Gasteiger partial charge < -0.3 is 5.32 Å². The van der Waals surface area contributed by atoms with E-state index in [1.807, 2.05) is 6.92 Å². The number of benzene rings is 1. The van der Waals surface area contributed by atoms with Gasteiger partial charge in [-0.1, -0.05) is 13.0 Å². The van der Waals surface area contributed by atoms with Crippen LogP contribution in [0.3, 0.4) is 0 Å². The summed E-state index contributed by atoms with van der Waals surface area (Å²) in [5.74, 6) is -1.34. The second-order valence-corrected chi connectivity index (χ2v) is 5.97. The zero-order chi connectivity index (χ0) is 19.0. The van der Waals surface area contributed by atoms with Crippen LogP contribution in [0.4, 0.5) is 14.5 Å². The van der Waals surface area contributed by atoms with Crippen molar-refractivity contribution in [3.8, 4) is 0 Å². The number of hydrogen-bond donors (Lipinski definition) is 1. The van der Waals surface area contributed by atoms with Crippen LogP contribution in [0.1, 0.15) is 18.1 Å². The number of rotatable bonds is 4. The Balaban J connectivity index is 2.21. The molecule has 3 rings (SSSR count). The van der Waals surface area contributed by atoms with E-state index in [4.69, 9.17) is 0 Å². The van der Waals surface area contributed by atoms with E-state index >= 15 is 0 Å². The Morgan fingerprint density at radius 3 is 2.38 bits per heavy atom. The Morgan fingerprint density at radius 1 is 1.12 bits per heavy atom. The molecule has 8 heteroatoms. The average molecular weight is 360 g/mol. The highest BCUT2D eigenvalue weighted by molar-refractivity contribution is 5.90. The highest BCUT2D eigenvalue weighted by Crippen LogP contribution is 2.24. The molecule has 0 saturated heterocycles. The summed E-state index contributed by atoms with van der Waals surface area (Å²) >= 11 is 0. The lowest BCUT2D eigenvalue weighted by molar-refractivity contribution is 0.560. The summed E-state index contributed by atoms with van der Waals surface area (Å²) in [6.45, 7) is 1.74. The zero-order valence-electron chi connectivity index (χ0n) is 14.6. The predicted octanol–water partition coefficient (Wildman–Crippen LogP) is 2.08. The van der Waals surface area contributed by atoms with Gasteiger partial charge in [0.15, 0.2) is 5.65 Å². The lowest BCUT2D eigenvalue weighted by atomic mass is 10.1. The van der Waals surface area contributed by atoms with Crippen molar-refractivity contribution >= 4 is 16.7 Å². The molecule has 0 amide bonds. The van der Waals surface area contributed by atoms with Gasteiger partial charge in [0, 0.05) is 32.4 Å². The van der Waals surface area contributed by atoms with Crippen LogP contribution in [0.15, 0.2) is 34.0 Å². The molecule has 1 N–H and O–H groups in total. The molecular formula is C18H18F2N4O2. The normalized spacial score (nSPS) is 11.1. The van der Waals surface area contributed by atoms with E-state index in [-0.39, 0.29) is 23.1 Å². The maximum absolute atomic E-state index is 13.9. The maximum atomic E-state index is 13.9. The highest BCUT2D eigenvalue weighted by atomic mass is 19.1. The Morgan fingerprint density at radius 2 is 1.77 bits per heavy atom. The van der Waals surface area contributed by atoms with E-state index in [2.05, 4.69) is 10.3 Å². The summed E-state index contributed by atoms with van der Waals surface area (Å²) in [6.07, 6.45) is 2.11. The van der Waals surface area contributed by atoms with Gasteiger partial charge in [-0.05, 0) is 24.1 Å². The molecular weight excluding hydrogens is 342 g/mol. The van der Waals surface area contributed by atoms with Crippen LogP contribution in [0.2, 0.25) is 0 Å². The lowest BCUT2D eigenvalue weighted by Crippen LogP contribution is -2.37. The van der Waals surface area contributed by atoms with Crippen LogP contribution in [0.25, 0.3) is 11.0 Å². The third-order valence-electron chi connectivity index (χ3n) is 4.43. The highest BCUT2D eigenvalue weighted by Gasteiger charge is 2.17. The number of halogens is 2. The molecule has 2 aromatic heterocycles. The van der Waals surface area contributed by atoms with Gasteiger partial charge in [-0.3, -0.25) is 13.9 Å². The first-order valence-electron chi connectivity index (χ1n) is 8.11. The predicted molar refractivity (Wildman–Crippen MR) is 95.3 cm³/mol. The fraction of sp³-hybridized carbons (Fsp3) is 0.278. The molecule has 0 bridgehead atoms. The van der Waals surface area contributed by atoms with Gasteiger partial charge in [0.1, 0.15) is 17.0 Å². The third kappa shape index (κ3) is 2.77. The van der Waals surface area contributed by atoms with Crippen LogP contribution < -0.4 is 16.6 Å². The van der Waals surface area contributed by atoms with Crippen molar-refractivity contribution in [2.45, 2.75) is 19.9 Å². The summed E-state index contributed by atoms with van der Waals surface area (Å²) < 4.78 is 30.1. The number of fused-ring (bicyclic) bond motifs is 1. The fourth-order valence-corrected chi connectivity index (χ4v) is 2.92. The van der Waals surface area contributed by atoms with Gasteiger partial charge in [0.05, 0.1) is 5.69 Å². The van der Waals surface area contributed by atoms with Crippen molar-refractivity contribution in [1.82, 2.24) is 14.1 Å². The molecule has 0 spiro atoms. The summed E-state index contributed by atoms with van der Waals surface area (Å²) in [7, 11) is 2.89. The second kappa shape index (κ2) is 6.70. The third-order valence-corrected chi connectivity index (χ3v) is 4.43. The Bertz CT molecular complexity index is 1100. The van der Waals surface area contributed by atoms with Crippen LogP contribution in [0, 0.1) is 11.6 Å². The van der Waals surface area contributed by atoms with E-state index in [9.17, 15) is 18.4 Å². The van der Waals surface area contributed by atoms with E-state index in [0.717, 1.165) is 4.57 Å². The second-order valence-electron chi connectivity index (χ2n) is 5.97. The number of nitrogens with one attached hydrogen (secondary N) is 1. The molecule has 3 aromatic rings. The molecule has 26 heavy (non-hydrogen) atoms. The molecule has 0 fully saturated rings. The number of aromatic nitrogens is 3. The number of anilines is 1. The molecule has 0 unspecified atom stereocenters. The number of pyridine rings is 1. The van der Waals surface area contributed by atoms with Crippen molar-refractivity contribution in [1.29, 1.82) is 0 Å². The first-order valence-corrected chi connectivity index (χ1v) is 8.11. The molecule has 136 valence electrons. The maximum Gasteiger partial charge on any atom is 0.332 e. The van der Waals surface area contributed by atoms with Gasteiger partial charge in [-0.25, -0.2) is 18.6 Å². The van der Waals surface area contributed by atoms with E-state index in [0.29, 0.717) is 17.7 Å². The molecule has 6 nitrogen and oxygen atoms in total. The Hall–Kier alpha value is -3.03. The summed E-state index contributed by atoms with van der Waals surface area (Å²) in [5, 5.41) is 3.18. The minimum absolute atomic E-state index is 0.124. The molecule has 0 aliphatic rings. The van der Waals surface area contributed by atoms with Crippen molar-refractivity contribution in [3.63, 3.8) is 0 Å². The van der Waals surface area contributed by atoms with Crippen molar-refractivity contribution in [3.05, 3.63) is 68.0 Å². The van der Waals surface area contributed by atoms with Gasteiger partial charge in [0.25, 0.3) is 5.56 Å². The molecule has 1 aromatic carbocycles. The summed E-state index contributed by atoms with van der Waals surface area (Å²) in [6, 6.07) is 3.64. The lowest BCUT2D eigenvalue weighted by Gasteiger charge is -2.16. The monoisotopic (exact) mass is 360 g/mol. The smallest absolute Gasteiger partial charge is 0.332 e. The zero-order valence-corrected chi connectivity index (χ0v) is 14.6. The first-order chi connectivity index (χ1) is 12.4.